The van der Waals surface area contributed by atoms with Crippen LogP contribution in [0.15, 0.2) is 53.3 Å². The first-order valence-electron chi connectivity index (χ1n) is 11.7. The van der Waals surface area contributed by atoms with E-state index in [0.717, 1.165) is 40.7 Å². The second-order valence-corrected chi connectivity index (χ2v) is 9.00. The summed E-state index contributed by atoms with van der Waals surface area (Å²) in [6, 6.07) is 16.3. The number of hydrogen-bond donors (Lipinski definition) is 1. The molecule has 0 unspecified atom stereocenters. The van der Waals surface area contributed by atoms with Crippen LogP contribution in [-0.4, -0.2) is 42.9 Å². The largest absolute Gasteiger partial charge is 0.454 e. The molecular formula is C25H26N6O3. The Labute approximate surface area is 196 Å². The maximum Gasteiger partial charge on any atom is 0.252 e. The monoisotopic (exact) mass is 458 g/mol. The van der Waals surface area contributed by atoms with Gasteiger partial charge in [-0.1, -0.05) is 43.2 Å². The number of aromatic nitrogens is 5. The number of tetrazole rings is 1. The highest BCUT2D eigenvalue weighted by molar-refractivity contribution is 5.83. The third-order valence-corrected chi connectivity index (χ3v) is 6.75. The zero-order valence-corrected chi connectivity index (χ0v) is 18.8. The molecule has 174 valence electrons. The molecule has 0 spiro atoms. The zero-order chi connectivity index (χ0) is 22.9. The van der Waals surface area contributed by atoms with E-state index in [9.17, 15) is 4.79 Å². The van der Waals surface area contributed by atoms with E-state index in [4.69, 9.17) is 9.47 Å². The first-order valence-corrected chi connectivity index (χ1v) is 11.7. The molecular weight excluding hydrogens is 432 g/mol. The minimum absolute atomic E-state index is 0.0850. The third kappa shape index (κ3) is 4.14. The zero-order valence-electron chi connectivity index (χ0n) is 18.8. The lowest BCUT2D eigenvalue weighted by atomic mass is 10.1. The number of nitrogens with one attached hydrogen (secondary N) is 1. The van der Waals surface area contributed by atoms with Crippen LogP contribution in [0.25, 0.3) is 10.9 Å². The summed E-state index contributed by atoms with van der Waals surface area (Å²) in [5.74, 6) is 2.17. The quantitative estimate of drug-likeness (QED) is 0.454. The predicted octanol–water partition coefficient (Wildman–Crippen LogP) is 3.24. The van der Waals surface area contributed by atoms with Crippen LogP contribution in [0.3, 0.4) is 0 Å². The van der Waals surface area contributed by atoms with Gasteiger partial charge in [0.2, 0.25) is 6.79 Å². The van der Waals surface area contributed by atoms with E-state index >= 15 is 0 Å². The summed E-state index contributed by atoms with van der Waals surface area (Å²) < 4.78 is 12.8. The first kappa shape index (κ1) is 20.9. The fraction of sp³-hybridized carbons (Fsp3) is 0.360. The fourth-order valence-corrected chi connectivity index (χ4v) is 4.96. The molecule has 0 atom stereocenters. The molecule has 1 aliphatic carbocycles. The number of aromatic amines is 1. The average Bonchev–Trinajstić information content (AvgIpc) is 3.61. The molecule has 1 aliphatic heterocycles. The minimum Gasteiger partial charge on any atom is -0.454 e. The van der Waals surface area contributed by atoms with E-state index in [1.165, 1.54) is 12.8 Å². The van der Waals surface area contributed by atoms with Crippen molar-refractivity contribution in [2.45, 2.75) is 51.4 Å². The van der Waals surface area contributed by atoms with Gasteiger partial charge in [-0.05, 0) is 41.0 Å². The van der Waals surface area contributed by atoms with Gasteiger partial charge in [0.25, 0.3) is 5.56 Å². The van der Waals surface area contributed by atoms with Crippen molar-refractivity contribution in [3.8, 4) is 11.5 Å². The number of H-pyrrole nitrogens is 1. The van der Waals surface area contributed by atoms with Gasteiger partial charge in [0.05, 0.1) is 18.6 Å². The molecule has 0 amide bonds. The number of nitrogens with zero attached hydrogens (tertiary/aromatic N) is 5. The Balaban J connectivity index is 1.29. The van der Waals surface area contributed by atoms with Crippen molar-refractivity contribution >= 4 is 10.9 Å². The summed E-state index contributed by atoms with van der Waals surface area (Å²) in [6.07, 6.45) is 4.64. The van der Waals surface area contributed by atoms with E-state index < -0.39 is 0 Å². The molecule has 2 aliphatic rings. The average molecular weight is 459 g/mol. The van der Waals surface area contributed by atoms with Gasteiger partial charge in [-0.3, -0.25) is 9.69 Å². The Morgan fingerprint density at radius 1 is 1.03 bits per heavy atom. The second-order valence-electron chi connectivity index (χ2n) is 9.00. The molecule has 2 aromatic carbocycles. The van der Waals surface area contributed by atoms with E-state index in [2.05, 4.69) is 37.5 Å². The molecule has 0 saturated heterocycles. The topological polar surface area (TPSA) is 98.2 Å². The van der Waals surface area contributed by atoms with Crippen molar-refractivity contribution in [1.82, 2.24) is 30.1 Å². The van der Waals surface area contributed by atoms with Gasteiger partial charge < -0.3 is 14.5 Å². The van der Waals surface area contributed by atoms with Crippen molar-refractivity contribution in [2.24, 2.45) is 0 Å². The molecule has 9 nitrogen and oxygen atoms in total. The molecule has 4 aromatic rings. The van der Waals surface area contributed by atoms with Gasteiger partial charge in [-0.15, -0.1) is 5.10 Å². The first-order chi connectivity index (χ1) is 16.7. The van der Waals surface area contributed by atoms with Crippen LogP contribution < -0.4 is 15.0 Å². The van der Waals surface area contributed by atoms with Crippen LogP contribution in [0.5, 0.6) is 11.5 Å². The van der Waals surface area contributed by atoms with E-state index in [0.29, 0.717) is 37.2 Å². The number of fused-ring (bicyclic) bond motifs is 2. The van der Waals surface area contributed by atoms with Crippen LogP contribution in [0.2, 0.25) is 0 Å². The third-order valence-electron chi connectivity index (χ3n) is 6.75. The molecule has 6 rings (SSSR count). The standard InChI is InChI=1S/C25H26N6O3/c32-25-19(10-18-11-22-23(34-16-33-22)12-21(18)26-25)14-30(20-8-4-5-9-20)15-24-27-28-29-31(24)13-17-6-2-1-3-7-17/h1-3,6-7,10-12,20H,4-5,8-9,13-16H2,(H,26,32). The molecule has 2 aromatic heterocycles. The molecule has 34 heavy (non-hydrogen) atoms. The van der Waals surface area contributed by atoms with Gasteiger partial charge >= 0.3 is 0 Å². The summed E-state index contributed by atoms with van der Waals surface area (Å²) in [5, 5.41) is 13.4. The Bertz CT molecular complexity index is 1360. The normalized spacial score (nSPS) is 15.6. The highest BCUT2D eigenvalue weighted by Crippen LogP contribution is 2.35. The molecule has 1 N–H and O–H groups in total. The maximum atomic E-state index is 13.0. The van der Waals surface area contributed by atoms with Crippen LogP contribution >= 0.6 is 0 Å². The summed E-state index contributed by atoms with van der Waals surface area (Å²) in [4.78, 5) is 18.4. The van der Waals surface area contributed by atoms with E-state index in [1.807, 2.05) is 41.1 Å². The van der Waals surface area contributed by atoms with Crippen molar-refractivity contribution in [1.29, 1.82) is 0 Å². The Hall–Kier alpha value is -3.72. The van der Waals surface area contributed by atoms with Gasteiger partial charge in [0.15, 0.2) is 17.3 Å². The van der Waals surface area contributed by atoms with Crippen molar-refractivity contribution in [3.63, 3.8) is 0 Å². The Morgan fingerprint density at radius 2 is 1.82 bits per heavy atom. The number of ether oxygens (including phenoxy) is 2. The van der Waals surface area contributed by atoms with Gasteiger partial charge in [0.1, 0.15) is 0 Å². The molecule has 0 bridgehead atoms. The van der Waals surface area contributed by atoms with Crippen LogP contribution in [0.1, 0.15) is 42.6 Å². The number of pyridine rings is 1. The van der Waals surface area contributed by atoms with Crippen molar-refractivity contribution in [3.05, 3.63) is 75.8 Å². The second kappa shape index (κ2) is 8.90. The lowest BCUT2D eigenvalue weighted by molar-refractivity contribution is 0.172. The molecule has 1 saturated carbocycles. The van der Waals surface area contributed by atoms with Crippen molar-refractivity contribution in [2.75, 3.05) is 6.79 Å². The summed E-state index contributed by atoms with van der Waals surface area (Å²) >= 11 is 0. The highest BCUT2D eigenvalue weighted by atomic mass is 16.7. The van der Waals surface area contributed by atoms with E-state index in [-0.39, 0.29) is 12.4 Å². The Morgan fingerprint density at radius 3 is 2.65 bits per heavy atom. The Kier molecular flexibility index (Phi) is 5.46. The lowest BCUT2D eigenvalue weighted by Gasteiger charge is -2.28. The van der Waals surface area contributed by atoms with Crippen LogP contribution in [0.4, 0.5) is 0 Å². The molecule has 0 radical (unpaired) electrons. The van der Waals surface area contributed by atoms with Gasteiger partial charge in [-0.25, -0.2) is 4.68 Å². The fourth-order valence-electron chi connectivity index (χ4n) is 4.96. The summed E-state index contributed by atoms with van der Waals surface area (Å²) in [5.41, 5.74) is 2.53. The number of benzene rings is 2. The molecule has 1 fully saturated rings. The number of hydrogen-bond acceptors (Lipinski definition) is 7. The summed E-state index contributed by atoms with van der Waals surface area (Å²) in [7, 11) is 0. The predicted molar refractivity (Wildman–Crippen MR) is 126 cm³/mol. The number of rotatable bonds is 7. The SMILES string of the molecule is O=c1[nH]c2cc3c(cc2cc1CN(Cc1nnnn1Cc1ccccc1)C1CCCC1)OCO3. The van der Waals surface area contributed by atoms with Crippen LogP contribution in [-0.2, 0) is 19.6 Å². The van der Waals surface area contributed by atoms with Crippen LogP contribution in [0, 0.1) is 0 Å². The van der Waals surface area contributed by atoms with Crippen molar-refractivity contribution < 1.29 is 9.47 Å². The highest BCUT2D eigenvalue weighted by Gasteiger charge is 2.26. The summed E-state index contributed by atoms with van der Waals surface area (Å²) in [6.45, 7) is 1.94. The molecule has 3 heterocycles. The smallest absolute Gasteiger partial charge is 0.252 e. The van der Waals surface area contributed by atoms with Gasteiger partial charge in [0, 0.05) is 29.6 Å². The maximum absolute atomic E-state index is 13.0. The van der Waals surface area contributed by atoms with E-state index in [1.54, 1.807) is 0 Å². The minimum atomic E-state index is -0.0850. The molecule has 9 heteroatoms. The van der Waals surface area contributed by atoms with Gasteiger partial charge in [-0.2, -0.15) is 0 Å². The lowest BCUT2D eigenvalue weighted by Crippen LogP contribution is -2.35.